The average Bonchev–Trinajstić information content (AvgIpc) is 2.84. The molecule has 6 nitrogen and oxygen atoms in total. The van der Waals surface area contributed by atoms with Crippen molar-refractivity contribution < 1.29 is 8.78 Å². The minimum atomic E-state index is -0.465. The Bertz CT molecular complexity index is 762. The lowest BCUT2D eigenvalue weighted by Crippen LogP contribution is -2.37. The molecular weight excluding hydrogens is 453 g/mol. The average molecular weight is 476 g/mol. The van der Waals surface area contributed by atoms with E-state index in [2.05, 4.69) is 30.4 Å². The van der Waals surface area contributed by atoms with E-state index in [1.165, 1.54) is 12.5 Å². The number of nitrogens with zero attached hydrogens (tertiary/aromatic N) is 4. The van der Waals surface area contributed by atoms with Gasteiger partial charge in [-0.2, -0.15) is 0 Å². The third-order valence-electron chi connectivity index (χ3n) is 4.28. The molecule has 3 rings (SSSR count). The van der Waals surface area contributed by atoms with Gasteiger partial charge in [0.05, 0.1) is 6.54 Å². The highest BCUT2D eigenvalue weighted by Crippen LogP contribution is 2.14. The van der Waals surface area contributed by atoms with Crippen LogP contribution in [0.15, 0.2) is 23.2 Å². The van der Waals surface area contributed by atoms with Crippen LogP contribution in [0.4, 0.5) is 8.78 Å². The second kappa shape index (κ2) is 9.79. The number of halogens is 3. The zero-order chi connectivity index (χ0) is 17.6. The van der Waals surface area contributed by atoms with Crippen molar-refractivity contribution in [1.29, 1.82) is 0 Å². The summed E-state index contributed by atoms with van der Waals surface area (Å²) in [6.07, 6.45) is 4.44. The zero-order valence-electron chi connectivity index (χ0n) is 14.6. The van der Waals surface area contributed by atoms with Crippen molar-refractivity contribution in [2.75, 3.05) is 7.05 Å². The van der Waals surface area contributed by atoms with Crippen molar-refractivity contribution >= 4 is 29.9 Å². The van der Waals surface area contributed by atoms with Crippen LogP contribution in [-0.4, -0.2) is 27.8 Å². The lowest BCUT2D eigenvalue weighted by atomic mass is 10.2. The number of benzene rings is 1. The first-order chi connectivity index (χ1) is 12.2. The van der Waals surface area contributed by atoms with Gasteiger partial charge >= 0.3 is 0 Å². The molecule has 0 saturated carbocycles. The van der Waals surface area contributed by atoms with Crippen LogP contribution in [0, 0.1) is 11.6 Å². The van der Waals surface area contributed by atoms with Crippen molar-refractivity contribution in [2.24, 2.45) is 4.99 Å². The molecule has 0 spiro atoms. The van der Waals surface area contributed by atoms with Crippen molar-refractivity contribution in [1.82, 2.24) is 25.4 Å². The van der Waals surface area contributed by atoms with Gasteiger partial charge in [-0.15, -0.1) is 34.2 Å². The van der Waals surface area contributed by atoms with E-state index in [-0.39, 0.29) is 36.1 Å². The fourth-order valence-electron chi connectivity index (χ4n) is 2.92. The quantitative estimate of drug-likeness (QED) is 0.405. The molecule has 0 amide bonds. The van der Waals surface area contributed by atoms with Gasteiger partial charge in [0.25, 0.3) is 0 Å². The first-order valence-electron chi connectivity index (χ1n) is 8.47. The highest BCUT2D eigenvalue weighted by atomic mass is 127. The topological polar surface area (TPSA) is 67.1 Å². The summed E-state index contributed by atoms with van der Waals surface area (Å²) < 4.78 is 29.0. The molecule has 142 valence electrons. The van der Waals surface area contributed by atoms with Crippen LogP contribution >= 0.6 is 24.0 Å². The van der Waals surface area contributed by atoms with Crippen molar-refractivity contribution in [3.05, 3.63) is 47.0 Å². The van der Waals surface area contributed by atoms with Crippen molar-refractivity contribution in [3.8, 4) is 0 Å². The maximum atomic E-state index is 13.7. The Hall–Kier alpha value is -1.78. The van der Waals surface area contributed by atoms with E-state index in [9.17, 15) is 8.78 Å². The standard InChI is InChI=1S/C17H22F2N6.HI/c1-20-17(21-10-12-9-13(18)6-7-14(12)19)22-11-16-24-23-15-5-3-2-4-8-25(15)16;/h6-7,9H,2-5,8,10-11H2,1H3,(H2,20,21,22);1H. The molecule has 0 atom stereocenters. The Morgan fingerprint density at radius 1 is 1.15 bits per heavy atom. The number of guanidine groups is 1. The monoisotopic (exact) mass is 476 g/mol. The Labute approximate surface area is 168 Å². The summed E-state index contributed by atoms with van der Waals surface area (Å²) in [7, 11) is 1.63. The maximum Gasteiger partial charge on any atom is 0.191 e. The summed E-state index contributed by atoms with van der Waals surface area (Å²) >= 11 is 0. The van der Waals surface area contributed by atoms with Gasteiger partial charge in [0.2, 0.25) is 0 Å². The third kappa shape index (κ3) is 5.12. The number of aliphatic imine (C=N–C) groups is 1. The van der Waals surface area contributed by atoms with Crippen LogP contribution in [0.2, 0.25) is 0 Å². The fraction of sp³-hybridized carbons (Fsp3) is 0.471. The fourth-order valence-corrected chi connectivity index (χ4v) is 2.92. The van der Waals surface area contributed by atoms with Gasteiger partial charge in [-0.05, 0) is 31.0 Å². The first-order valence-corrected chi connectivity index (χ1v) is 8.47. The number of aromatic nitrogens is 3. The number of fused-ring (bicyclic) bond motifs is 1. The van der Waals surface area contributed by atoms with E-state index < -0.39 is 11.6 Å². The largest absolute Gasteiger partial charge is 0.352 e. The lowest BCUT2D eigenvalue weighted by molar-refractivity contribution is 0.579. The normalized spacial score (nSPS) is 14.2. The summed E-state index contributed by atoms with van der Waals surface area (Å²) in [5.74, 6) is 1.46. The molecule has 26 heavy (non-hydrogen) atoms. The van der Waals surface area contributed by atoms with Crippen LogP contribution in [0.25, 0.3) is 0 Å². The maximum absolute atomic E-state index is 13.7. The summed E-state index contributed by atoms with van der Waals surface area (Å²) in [5, 5.41) is 14.6. The van der Waals surface area contributed by atoms with Crippen LogP contribution in [0.3, 0.4) is 0 Å². The molecule has 0 aliphatic carbocycles. The van der Waals surface area contributed by atoms with Gasteiger partial charge < -0.3 is 15.2 Å². The number of hydrogen-bond acceptors (Lipinski definition) is 3. The molecule has 1 aliphatic rings. The molecule has 0 radical (unpaired) electrons. The van der Waals surface area contributed by atoms with Crippen molar-refractivity contribution in [3.63, 3.8) is 0 Å². The molecule has 2 N–H and O–H groups in total. The highest BCUT2D eigenvalue weighted by molar-refractivity contribution is 14.0. The zero-order valence-corrected chi connectivity index (χ0v) is 17.0. The Balaban J connectivity index is 0.00000243. The third-order valence-corrected chi connectivity index (χ3v) is 4.28. The van der Waals surface area contributed by atoms with Gasteiger partial charge in [0, 0.05) is 32.1 Å². The van der Waals surface area contributed by atoms with Gasteiger partial charge in [-0.25, -0.2) is 8.78 Å². The number of rotatable bonds is 4. The summed E-state index contributed by atoms with van der Waals surface area (Å²) in [5.41, 5.74) is 0.249. The van der Waals surface area contributed by atoms with E-state index in [0.717, 1.165) is 49.6 Å². The molecule has 2 aromatic rings. The van der Waals surface area contributed by atoms with Gasteiger partial charge in [0.15, 0.2) is 11.8 Å². The lowest BCUT2D eigenvalue weighted by Gasteiger charge is -2.13. The second-order valence-corrected chi connectivity index (χ2v) is 6.01. The highest BCUT2D eigenvalue weighted by Gasteiger charge is 2.14. The first kappa shape index (κ1) is 20.5. The molecule has 9 heteroatoms. The van der Waals surface area contributed by atoms with E-state index in [0.29, 0.717) is 12.5 Å². The summed E-state index contributed by atoms with van der Waals surface area (Å²) in [4.78, 5) is 4.11. The predicted molar refractivity (Wildman–Crippen MR) is 106 cm³/mol. The van der Waals surface area contributed by atoms with E-state index in [4.69, 9.17) is 0 Å². The molecule has 0 unspecified atom stereocenters. The van der Waals surface area contributed by atoms with E-state index >= 15 is 0 Å². The molecule has 0 bridgehead atoms. The Morgan fingerprint density at radius 2 is 1.96 bits per heavy atom. The molecule has 1 aromatic carbocycles. The van der Waals surface area contributed by atoms with E-state index in [1.54, 1.807) is 7.05 Å². The Kier molecular flexibility index (Phi) is 7.73. The molecule has 2 heterocycles. The molecule has 1 aliphatic heterocycles. The minimum Gasteiger partial charge on any atom is -0.352 e. The van der Waals surface area contributed by atoms with Gasteiger partial charge in [-0.1, -0.05) is 6.42 Å². The summed E-state index contributed by atoms with van der Waals surface area (Å²) in [6.45, 7) is 1.54. The number of hydrogen-bond donors (Lipinski definition) is 2. The van der Waals surface area contributed by atoms with E-state index in [1.807, 2.05) is 0 Å². The molecule has 0 fully saturated rings. The predicted octanol–water partition coefficient (Wildman–Crippen LogP) is 2.77. The van der Waals surface area contributed by atoms with Crippen LogP contribution < -0.4 is 10.6 Å². The van der Waals surface area contributed by atoms with Crippen LogP contribution in [-0.2, 0) is 26.1 Å². The SMILES string of the molecule is CN=C(NCc1cc(F)ccc1F)NCc1nnc2n1CCCCC2.I. The number of aryl methyl sites for hydroxylation is 1. The van der Waals surface area contributed by atoms with Crippen LogP contribution in [0.1, 0.15) is 36.5 Å². The smallest absolute Gasteiger partial charge is 0.191 e. The Morgan fingerprint density at radius 3 is 2.77 bits per heavy atom. The second-order valence-electron chi connectivity index (χ2n) is 6.01. The molecular formula is C17H23F2IN6. The van der Waals surface area contributed by atoms with Gasteiger partial charge in [0.1, 0.15) is 17.5 Å². The van der Waals surface area contributed by atoms with Gasteiger partial charge in [-0.3, -0.25) is 4.99 Å². The molecule has 1 aromatic heterocycles. The minimum absolute atomic E-state index is 0. The summed E-state index contributed by atoms with van der Waals surface area (Å²) in [6, 6.07) is 3.39. The number of nitrogens with one attached hydrogen (secondary N) is 2. The van der Waals surface area contributed by atoms with Crippen molar-refractivity contribution in [2.45, 2.75) is 45.3 Å². The molecule has 0 saturated heterocycles. The van der Waals surface area contributed by atoms with Crippen LogP contribution in [0.5, 0.6) is 0 Å².